The molecule has 0 radical (unpaired) electrons. The first-order valence-corrected chi connectivity index (χ1v) is 4.19. The first-order valence-electron chi connectivity index (χ1n) is 4.19. The average Bonchev–Trinajstić information content (AvgIpc) is 2.44. The van der Waals surface area contributed by atoms with Gasteiger partial charge in [0.25, 0.3) is 0 Å². The molecule has 0 fully saturated rings. The zero-order chi connectivity index (χ0) is 13.2. The fourth-order valence-electron chi connectivity index (χ4n) is 0.913. The second-order valence-corrected chi connectivity index (χ2v) is 2.31. The molecular weight excluding hydrogens is 256 g/mol. The molecule has 0 amide bonds. The standard InChI is InChI=1S/C10H12.3CO.Cr/c1-2-3-7-10-8-5-4-6-9-10;3*1-2;/h2,4-6,8-9H,1,3,7H2;;;;. The number of allylic oxidation sites excluding steroid dienone is 1. The molecule has 0 bridgehead atoms. The van der Waals surface area contributed by atoms with E-state index in [1.807, 2.05) is 12.1 Å². The van der Waals surface area contributed by atoms with Crippen molar-refractivity contribution in [2.75, 3.05) is 0 Å². The van der Waals surface area contributed by atoms with Crippen LogP contribution in [0.4, 0.5) is 0 Å². The van der Waals surface area contributed by atoms with Gasteiger partial charge in [0, 0.05) is 17.4 Å². The molecule has 0 saturated carbocycles. The number of hydrogen-bond donors (Lipinski definition) is 0. The first kappa shape index (κ1) is 24.8. The molecule has 1 aromatic carbocycles. The molecule has 0 aliphatic rings. The van der Waals surface area contributed by atoms with Crippen LogP contribution in [-0.2, 0) is 37.7 Å². The minimum absolute atomic E-state index is 0. The van der Waals surface area contributed by atoms with Crippen molar-refractivity contribution < 1.29 is 31.3 Å². The van der Waals surface area contributed by atoms with E-state index in [1.165, 1.54) is 5.56 Å². The molecule has 4 heteroatoms. The van der Waals surface area contributed by atoms with Gasteiger partial charge >= 0.3 is 33.9 Å². The summed E-state index contributed by atoms with van der Waals surface area (Å²) in [5.41, 5.74) is 1.39. The van der Waals surface area contributed by atoms with Crippen molar-refractivity contribution >= 4 is 0 Å². The Balaban J connectivity index is -0.000000106. The second-order valence-electron chi connectivity index (χ2n) is 2.31. The normalized spacial score (nSPS) is 5.76. The fourth-order valence-corrected chi connectivity index (χ4v) is 0.913. The Kier molecular flexibility index (Phi) is 42.8. The Morgan fingerprint density at radius 2 is 1.35 bits per heavy atom. The molecule has 17 heavy (non-hydrogen) atoms. The quantitative estimate of drug-likeness (QED) is 0.460. The zero-order valence-corrected chi connectivity index (χ0v) is 10.5. The Labute approximate surface area is 113 Å². The van der Waals surface area contributed by atoms with Gasteiger partial charge in [0.2, 0.25) is 0 Å². The van der Waals surface area contributed by atoms with Gasteiger partial charge in [-0.3, -0.25) is 0 Å². The summed E-state index contributed by atoms with van der Waals surface area (Å²) in [7, 11) is 0. The minimum atomic E-state index is 0. The summed E-state index contributed by atoms with van der Waals surface area (Å²) >= 11 is 0. The summed E-state index contributed by atoms with van der Waals surface area (Å²) in [6.07, 6.45) is 4.14. The van der Waals surface area contributed by atoms with E-state index in [2.05, 4.69) is 50.8 Å². The van der Waals surface area contributed by atoms with Gasteiger partial charge in [-0.25, -0.2) is 0 Å². The minimum Gasteiger partial charge on any atom is 0 e. The second kappa shape index (κ2) is 29.3. The van der Waals surface area contributed by atoms with Gasteiger partial charge in [0.15, 0.2) is 0 Å². The van der Waals surface area contributed by atoms with E-state index < -0.39 is 0 Å². The Morgan fingerprint density at radius 1 is 0.941 bits per heavy atom. The van der Waals surface area contributed by atoms with Crippen molar-refractivity contribution in [3.63, 3.8) is 0 Å². The molecule has 0 aromatic heterocycles. The van der Waals surface area contributed by atoms with Crippen LogP contribution >= 0.6 is 0 Å². The van der Waals surface area contributed by atoms with Crippen LogP contribution < -0.4 is 0 Å². The van der Waals surface area contributed by atoms with Gasteiger partial charge in [-0.15, -0.1) is 6.58 Å². The van der Waals surface area contributed by atoms with Crippen LogP contribution in [0.1, 0.15) is 12.0 Å². The van der Waals surface area contributed by atoms with Crippen LogP contribution in [0.15, 0.2) is 43.0 Å². The first-order chi connectivity index (χ1) is 7.93. The summed E-state index contributed by atoms with van der Waals surface area (Å²) in [6, 6.07) is 10.5. The van der Waals surface area contributed by atoms with Crippen LogP contribution in [-0.4, -0.2) is 0 Å². The van der Waals surface area contributed by atoms with Crippen molar-refractivity contribution in [1.29, 1.82) is 0 Å². The SMILES string of the molecule is C=CCCc1ccccc1.[C-]#[O+].[C-]#[O+].[C-]#[O+].[Cr]. The molecule has 0 unspecified atom stereocenters. The van der Waals surface area contributed by atoms with Crippen molar-refractivity contribution in [2.45, 2.75) is 12.8 Å². The third kappa shape index (κ3) is 20.7. The van der Waals surface area contributed by atoms with Crippen LogP contribution in [0.25, 0.3) is 0 Å². The monoisotopic (exact) mass is 268 g/mol. The Morgan fingerprint density at radius 3 is 1.71 bits per heavy atom. The number of benzene rings is 1. The molecular formula is C13H12CrO3. The van der Waals surface area contributed by atoms with Gasteiger partial charge in [0.1, 0.15) is 0 Å². The number of hydrogen-bond acceptors (Lipinski definition) is 0. The maximum absolute atomic E-state index is 7.50. The largest absolute Gasteiger partial charge is 0 e. The summed E-state index contributed by atoms with van der Waals surface area (Å²) in [5, 5.41) is 0. The van der Waals surface area contributed by atoms with Crippen LogP contribution in [0, 0.1) is 20.0 Å². The average molecular weight is 268 g/mol. The van der Waals surface area contributed by atoms with E-state index in [9.17, 15) is 0 Å². The van der Waals surface area contributed by atoms with Crippen LogP contribution in [0.3, 0.4) is 0 Å². The molecule has 0 atom stereocenters. The third-order valence-electron chi connectivity index (χ3n) is 1.48. The summed E-state index contributed by atoms with van der Waals surface area (Å²) < 4.78 is 22.5. The number of rotatable bonds is 3. The Bertz CT molecular complexity index is 287. The molecule has 3 nitrogen and oxygen atoms in total. The smallest absolute Gasteiger partial charge is 0 e. The maximum Gasteiger partial charge on any atom is 0 e. The van der Waals surface area contributed by atoms with E-state index in [4.69, 9.17) is 14.0 Å². The van der Waals surface area contributed by atoms with Crippen molar-refractivity contribution in [3.05, 3.63) is 68.5 Å². The summed E-state index contributed by atoms with van der Waals surface area (Å²) in [5.74, 6) is 0. The zero-order valence-electron chi connectivity index (χ0n) is 9.22. The predicted octanol–water partition coefficient (Wildman–Crippen LogP) is 2.69. The Hall–Kier alpha value is -1.29. The molecule has 0 aliphatic carbocycles. The third-order valence-corrected chi connectivity index (χ3v) is 1.48. The van der Waals surface area contributed by atoms with Crippen molar-refractivity contribution in [3.8, 4) is 0 Å². The van der Waals surface area contributed by atoms with E-state index in [0.717, 1.165) is 12.8 Å². The fraction of sp³-hybridized carbons (Fsp3) is 0.154. The van der Waals surface area contributed by atoms with Gasteiger partial charge < -0.3 is 0 Å². The van der Waals surface area contributed by atoms with E-state index in [1.54, 1.807) is 0 Å². The van der Waals surface area contributed by atoms with Crippen LogP contribution in [0.5, 0.6) is 0 Å². The summed E-state index contributed by atoms with van der Waals surface area (Å²) in [6.45, 7) is 17.2. The van der Waals surface area contributed by atoms with Crippen molar-refractivity contribution in [2.24, 2.45) is 0 Å². The summed E-state index contributed by atoms with van der Waals surface area (Å²) in [4.78, 5) is 0. The predicted molar refractivity (Wildman–Crippen MR) is 56.7 cm³/mol. The topological polar surface area (TPSA) is 59.7 Å². The molecule has 1 aromatic rings. The van der Waals surface area contributed by atoms with Gasteiger partial charge in [-0.1, -0.05) is 36.4 Å². The van der Waals surface area contributed by atoms with Crippen LogP contribution in [0.2, 0.25) is 0 Å². The molecule has 0 aliphatic heterocycles. The molecule has 88 valence electrons. The van der Waals surface area contributed by atoms with Gasteiger partial charge in [-0.05, 0) is 18.4 Å². The molecule has 0 spiro atoms. The van der Waals surface area contributed by atoms with Gasteiger partial charge in [-0.2, -0.15) is 0 Å². The van der Waals surface area contributed by atoms with Crippen molar-refractivity contribution in [1.82, 2.24) is 0 Å². The molecule has 0 N–H and O–H groups in total. The molecule has 0 saturated heterocycles. The number of aryl methyl sites for hydroxylation is 1. The molecule has 0 heterocycles. The van der Waals surface area contributed by atoms with Gasteiger partial charge in [0.05, 0.1) is 0 Å². The van der Waals surface area contributed by atoms with E-state index >= 15 is 0 Å². The van der Waals surface area contributed by atoms with E-state index in [0.29, 0.717) is 0 Å². The molecule has 1 rings (SSSR count). The maximum atomic E-state index is 7.50. The van der Waals surface area contributed by atoms with E-state index in [-0.39, 0.29) is 17.4 Å².